The molecule has 3 N–H and O–H groups in total. The topological polar surface area (TPSA) is 53.1 Å². The van der Waals surface area contributed by atoms with Crippen LogP contribution in [0, 0.1) is 5.41 Å². The Hall–Kier alpha value is -0.570. The number of hydrogen-bond donors (Lipinski definition) is 2. The van der Waals surface area contributed by atoms with Crippen molar-refractivity contribution in [3.63, 3.8) is 0 Å². The van der Waals surface area contributed by atoms with Crippen molar-refractivity contribution in [1.29, 1.82) is 5.41 Å². The van der Waals surface area contributed by atoms with Crippen molar-refractivity contribution in [1.82, 2.24) is 4.90 Å². The molecule has 36 valence electrons. The third kappa shape index (κ3) is 1.72. The summed E-state index contributed by atoms with van der Waals surface area (Å²) in [6, 6.07) is 0. The summed E-state index contributed by atoms with van der Waals surface area (Å²) >= 11 is 0. The Kier molecular flexibility index (Phi) is 2.40. The molecule has 0 spiro atoms. The first-order chi connectivity index (χ1) is 2.81. The van der Waals surface area contributed by atoms with Crippen LogP contribution in [0.5, 0.6) is 0 Å². The normalized spacial score (nSPS) is 7.67. The van der Waals surface area contributed by atoms with Gasteiger partial charge < -0.3 is 10.6 Å². The largest absolute Gasteiger partial charge is 0.354 e. The monoisotopic (exact) mass is 87.1 g/mol. The molecule has 0 aliphatic rings. The fourth-order valence-corrected chi connectivity index (χ4v) is 0.0527. The summed E-state index contributed by atoms with van der Waals surface area (Å²) in [4.78, 5) is 1.57. The molecule has 0 aliphatic heterocycles. The van der Waals surface area contributed by atoms with E-state index in [1.165, 1.54) is 6.34 Å². The van der Waals surface area contributed by atoms with E-state index in [1.54, 1.807) is 11.9 Å². The summed E-state index contributed by atoms with van der Waals surface area (Å²) in [5.41, 5.74) is 5.06. The van der Waals surface area contributed by atoms with Crippen LogP contribution in [0.2, 0.25) is 0 Å². The summed E-state index contributed by atoms with van der Waals surface area (Å²) in [5, 5.41) is 6.53. The Morgan fingerprint density at radius 2 is 2.50 bits per heavy atom. The Labute approximate surface area is 37.3 Å². The lowest BCUT2D eigenvalue weighted by Gasteiger charge is -2.04. The first-order valence-electron chi connectivity index (χ1n) is 1.72. The molecule has 0 aliphatic carbocycles. The fourth-order valence-electron chi connectivity index (χ4n) is 0.0527. The SMILES string of the molecule is CN(C=N)CN. The lowest BCUT2D eigenvalue weighted by atomic mass is 10.9. The molecule has 3 nitrogen and oxygen atoms in total. The molecule has 0 saturated heterocycles. The van der Waals surface area contributed by atoms with E-state index in [9.17, 15) is 0 Å². The second-order valence-electron chi connectivity index (χ2n) is 1.07. The van der Waals surface area contributed by atoms with Crippen LogP contribution in [0.25, 0.3) is 0 Å². The average molecular weight is 87.1 g/mol. The minimum atomic E-state index is 0.420. The van der Waals surface area contributed by atoms with Gasteiger partial charge in [-0.1, -0.05) is 0 Å². The number of hydrogen-bond acceptors (Lipinski definition) is 2. The van der Waals surface area contributed by atoms with Crippen LogP contribution in [-0.2, 0) is 0 Å². The lowest BCUT2D eigenvalue weighted by Crippen LogP contribution is -2.23. The van der Waals surface area contributed by atoms with E-state index in [0.717, 1.165) is 0 Å². The summed E-state index contributed by atoms with van der Waals surface area (Å²) in [6.45, 7) is 0.420. The van der Waals surface area contributed by atoms with Gasteiger partial charge >= 0.3 is 0 Å². The first kappa shape index (κ1) is 5.43. The van der Waals surface area contributed by atoms with E-state index >= 15 is 0 Å². The summed E-state index contributed by atoms with van der Waals surface area (Å²) in [5.74, 6) is 0. The maximum atomic E-state index is 6.53. The van der Waals surface area contributed by atoms with Gasteiger partial charge in [0.15, 0.2) is 0 Å². The highest BCUT2D eigenvalue weighted by atomic mass is 15.1. The molecular weight excluding hydrogens is 78.1 g/mol. The predicted octanol–water partition coefficient (Wildman–Crippen LogP) is -0.559. The minimum absolute atomic E-state index is 0.420. The van der Waals surface area contributed by atoms with Gasteiger partial charge in [0, 0.05) is 7.05 Å². The Morgan fingerprint density at radius 3 is 2.50 bits per heavy atom. The van der Waals surface area contributed by atoms with Gasteiger partial charge in [0.2, 0.25) is 0 Å². The fraction of sp³-hybridized carbons (Fsp3) is 0.667. The van der Waals surface area contributed by atoms with E-state index in [-0.39, 0.29) is 0 Å². The molecule has 0 atom stereocenters. The standard InChI is InChI=1S/C3H9N3/c1-6(2-4)3-5/h2,4H,3,5H2,1H3. The zero-order valence-corrected chi connectivity index (χ0v) is 3.81. The Bertz CT molecular complexity index is 43.3. The van der Waals surface area contributed by atoms with Crippen LogP contribution in [0.3, 0.4) is 0 Å². The van der Waals surface area contributed by atoms with Gasteiger partial charge in [-0.3, -0.25) is 5.41 Å². The Morgan fingerprint density at radius 1 is 2.00 bits per heavy atom. The van der Waals surface area contributed by atoms with E-state index in [2.05, 4.69) is 0 Å². The van der Waals surface area contributed by atoms with Gasteiger partial charge in [-0.25, -0.2) is 0 Å². The number of nitrogens with one attached hydrogen (secondary N) is 1. The van der Waals surface area contributed by atoms with E-state index in [0.29, 0.717) is 6.67 Å². The molecule has 0 fully saturated rings. The highest BCUT2D eigenvalue weighted by Crippen LogP contribution is 1.60. The summed E-state index contributed by atoms with van der Waals surface area (Å²) < 4.78 is 0. The quantitative estimate of drug-likeness (QED) is 0.269. The van der Waals surface area contributed by atoms with Gasteiger partial charge in [-0.2, -0.15) is 0 Å². The highest BCUT2D eigenvalue weighted by molar-refractivity contribution is 5.49. The lowest BCUT2D eigenvalue weighted by molar-refractivity contribution is 0.534. The summed E-state index contributed by atoms with van der Waals surface area (Å²) in [7, 11) is 1.74. The maximum Gasteiger partial charge on any atom is 0.0824 e. The number of nitrogens with two attached hydrogens (primary N) is 1. The van der Waals surface area contributed by atoms with Crippen LogP contribution in [0.1, 0.15) is 0 Å². The Balaban J connectivity index is 2.96. The van der Waals surface area contributed by atoms with Crippen molar-refractivity contribution in [3.05, 3.63) is 0 Å². The van der Waals surface area contributed by atoms with E-state index in [1.807, 2.05) is 0 Å². The van der Waals surface area contributed by atoms with Crippen molar-refractivity contribution < 1.29 is 0 Å². The van der Waals surface area contributed by atoms with Crippen LogP contribution in [0.15, 0.2) is 0 Å². The molecule has 0 amide bonds. The van der Waals surface area contributed by atoms with Crippen molar-refractivity contribution in [2.75, 3.05) is 13.7 Å². The summed E-state index contributed by atoms with van der Waals surface area (Å²) in [6.07, 6.45) is 1.18. The molecule has 0 unspecified atom stereocenters. The van der Waals surface area contributed by atoms with E-state index < -0.39 is 0 Å². The van der Waals surface area contributed by atoms with Crippen LogP contribution in [0.4, 0.5) is 0 Å². The number of nitrogens with zero attached hydrogens (tertiary/aromatic N) is 1. The molecule has 0 heterocycles. The predicted molar refractivity (Wildman–Crippen MR) is 25.6 cm³/mol. The zero-order chi connectivity index (χ0) is 4.99. The smallest absolute Gasteiger partial charge is 0.0824 e. The molecule has 0 aromatic rings. The van der Waals surface area contributed by atoms with Crippen molar-refractivity contribution in [2.24, 2.45) is 5.73 Å². The van der Waals surface area contributed by atoms with Gasteiger partial charge in [0.25, 0.3) is 0 Å². The van der Waals surface area contributed by atoms with Gasteiger partial charge in [-0.05, 0) is 0 Å². The highest BCUT2D eigenvalue weighted by Gasteiger charge is 1.75. The molecule has 0 rings (SSSR count). The van der Waals surface area contributed by atoms with Crippen LogP contribution < -0.4 is 5.73 Å². The van der Waals surface area contributed by atoms with Gasteiger partial charge in [0.1, 0.15) is 0 Å². The zero-order valence-electron chi connectivity index (χ0n) is 3.81. The molecule has 0 bridgehead atoms. The van der Waals surface area contributed by atoms with Crippen LogP contribution in [-0.4, -0.2) is 25.0 Å². The van der Waals surface area contributed by atoms with Crippen molar-refractivity contribution in [2.45, 2.75) is 0 Å². The average Bonchev–Trinajstić information content (AvgIpc) is 1.65. The minimum Gasteiger partial charge on any atom is -0.354 e. The molecule has 0 saturated carbocycles. The maximum absolute atomic E-state index is 6.53. The van der Waals surface area contributed by atoms with E-state index in [4.69, 9.17) is 11.1 Å². The molecule has 0 aromatic heterocycles. The van der Waals surface area contributed by atoms with Gasteiger partial charge in [-0.15, -0.1) is 0 Å². The second-order valence-corrected chi connectivity index (χ2v) is 1.07. The van der Waals surface area contributed by atoms with Crippen LogP contribution >= 0.6 is 0 Å². The van der Waals surface area contributed by atoms with Crippen molar-refractivity contribution in [3.8, 4) is 0 Å². The molecular formula is C3H9N3. The third-order valence-electron chi connectivity index (χ3n) is 0.508. The third-order valence-corrected chi connectivity index (χ3v) is 0.508. The molecule has 0 aromatic carbocycles. The molecule has 3 heteroatoms. The first-order valence-corrected chi connectivity index (χ1v) is 1.72. The molecule has 6 heavy (non-hydrogen) atoms. The second kappa shape index (κ2) is 2.66. The molecule has 0 radical (unpaired) electrons. The van der Waals surface area contributed by atoms with Gasteiger partial charge in [0.05, 0.1) is 13.0 Å². The van der Waals surface area contributed by atoms with Crippen molar-refractivity contribution >= 4 is 6.34 Å². The number of rotatable bonds is 2.